The highest BCUT2D eigenvalue weighted by Gasteiger charge is 2.11. The Labute approximate surface area is 63.1 Å². The van der Waals surface area contributed by atoms with Gasteiger partial charge >= 0.3 is 0 Å². The Morgan fingerprint density at radius 3 is 2.90 bits per heavy atom. The number of aliphatic hydroxyl groups excluding tert-OH is 1. The SMILES string of the molecule is CC(=O)[C@H](O)c1ccsc1. The summed E-state index contributed by atoms with van der Waals surface area (Å²) in [6, 6.07) is 1.75. The van der Waals surface area contributed by atoms with Gasteiger partial charge in [0.05, 0.1) is 0 Å². The summed E-state index contributed by atoms with van der Waals surface area (Å²) in [5, 5.41) is 12.7. The lowest BCUT2D eigenvalue weighted by Crippen LogP contribution is -2.05. The van der Waals surface area contributed by atoms with Crippen LogP contribution in [-0.2, 0) is 4.79 Å². The number of thiophene rings is 1. The molecule has 10 heavy (non-hydrogen) atoms. The van der Waals surface area contributed by atoms with Gasteiger partial charge in [0.15, 0.2) is 5.78 Å². The first kappa shape index (κ1) is 7.44. The van der Waals surface area contributed by atoms with E-state index in [1.165, 1.54) is 18.3 Å². The molecule has 0 radical (unpaired) electrons. The number of Topliss-reactive ketones (excluding diaryl/α,β-unsaturated/α-hetero) is 1. The lowest BCUT2D eigenvalue weighted by Gasteiger charge is -2.01. The average Bonchev–Trinajstić information content (AvgIpc) is 2.36. The first-order chi connectivity index (χ1) is 4.72. The maximum atomic E-state index is 10.6. The van der Waals surface area contributed by atoms with E-state index in [1.807, 2.05) is 5.38 Å². The van der Waals surface area contributed by atoms with Crippen molar-refractivity contribution in [1.29, 1.82) is 0 Å². The van der Waals surface area contributed by atoms with E-state index in [1.54, 1.807) is 11.4 Å². The Hall–Kier alpha value is -0.670. The molecule has 0 amide bonds. The van der Waals surface area contributed by atoms with E-state index < -0.39 is 6.10 Å². The Morgan fingerprint density at radius 2 is 2.50 bits per heavy atom. The van der Waals surface area contributed by atoms with Gasteiger partial charge in [-0.2, -0.15) is 11.3 Å². The molecule has 0 aliphatic carbocycles. The number of carbonyl (C=O) groups is 1. The summed E-state index contributed by atoms with van der Waals surface area (Å²) in [5.74, 6) is -0.210. The zero-order chi connectivity index (χ0) is 7.56. The minimum absolute atomic E-state index is 0.210. The van der Waals surface area contributed by atoms with Crippen molar-refractivity contribution >= 4 is 17.1 Å². The lowest BCUT2D eigenvalue weighted by molar-refractivity contribution is -0.125. The Morgan fingerprint density at radius 1 is 1.80 bits per heavy atom. The van der Waals surface area contributed by atoms with Crippen LogP contribution in [0.1, 0.15) is 18.6 Å². The molecule has 0 aliphatic heterocycles. The van der Waals surface area contributed by atoms with E-state index in [-0.39, 0.29) is 5.78 Å². The standard InChI is InChI=1S/C7H8O2S/c1-5(8)7(9)6-2-3-10-4-6/h2-4,7,9H,1H3/t7-/m0/s1. The molecule has 0 saturated carbocycles. The number of carbonyl (C=O) groups excluding carboxylic acids is 1. The van der Waals surface area contributed by atoms with E-state index in [0.717, 1.165) is 0 Å². The second-order valence-electron chi connectivity index (χ2n) is 2.07. The highest BCUT2D eigenvalue weighted by Crippen LogP contribution is 2.16. The molecule has 1 heterocycles. The van der Waals surface area contributed by atoms with Crippen molar-refractivity contribution in [1.82, 2.24) is 0 Å². The van der Waals surface area contributed by atoms with Gasteiger partial charge < -0.3 is 5.11 Å². The molecule has 2 nitrogen and oxygen atoms in total. The molecule has 0 bridgehead atoms. The molecule has 1 rings (SSSR count). The fraction of sp³-hybridized carbons (Fsp3) is 0.286. The van der Waals surface area contributed by atoms with Crippen LogP contribution >= 0.6 is 11.3 Å². The second kappa shape index (κ2) is 2.94. The second-order valence-corrected chi connectivity index (χ2v) is 2.85. The van der Waals surface area contributed by atoms with Crippen molar-refractivity contribution in [2.75, 3.05) is 0 Å². The topological polar surface area (TPSA) is 37.3 Å². The first-order valence-corrected chi connectivity index (χ1v) is 3.86. The highest BCUT2D eigenvalue weighted by molar-refractivity contribution is 7.08. The number of hydrogen-bond donors (Lipinski definition) is 1. The summed E-state index contributed by atoms with van der Waals surface area (Å²) in [7, 11) is 0. The smallest absolute Gasteiger partial charge is 0.162 e. The van der Waals surface area contributed by atoms with Gasteiger partial charge in [-0.05, 0) is 29.3 Å². The van der Waals surface area contributed by atoms with E-state index >= 15 is 0 Å². The summed E-state index contributed by atoms with van der Waals surface area (Å²) in [4.78, 5) is 10.6. The minimum Gasteiger partial charge on any atom is -0.381 e. The van der Waals surface area contributed by atoms with Crippen molar-refractivity contribution in [3.8, 4) is 0 Å². The molecule has 1 aromatic rings. The highest BCUT2D eigenvalue weighted by atomic mass is 32.1. The van der Waals surface area contributed by atoms with Gasteiger partial charge in [-0.1, -0.05) is 0 Å². The molecule has 1 atom stereocenters. The minimum atomic E-state index is -0.925. The van der Waals surface area contributed by atoms with Gasteiger partial charge in [0.25, 0.3) is 0 Å². The number of aliphatic hydroxyl groups is 1. The van der Waals surface area contributed by atoms with E-state index in [4.69, 9.17) is 5.11 Å². The van der Waals surface area contributed by atoms with E-state index in [9.17, 15) is 4.79 Å². The average molecular weight is 156 g/mol. The Kier molecular flexibility index (Phi) is 2.19. The van der Waals surface area contributed by atoms with Crippen LogP contribution in [0.2, 0.25) is 0 Å². The summed E-state index contributed by atoms with van der Waals surface area (Å²) >= 11 is 1.47. The Bertz CT molecular complexity index is 216. The monoisotopic (exact) mass is 156 g/mol. The quantitative estimate of drug-likeness (QED) is 0.702. The van der Waals surface area contributed by atoms with Crippen LogP contribution in [0.5, 0.6) is 0 Å². The van der Waals surface area contributed by atoms with Gasteiger partial charge in [0.1, 0.15) is 6.10 Å². The van der Waals surface area contributed by atoms with Crippen LogP contribution in [0.15, 0.2) is 16.8 Å². The van der Waals surface area contributed by atoms with Crippen LogP contribution in [0, 0.1) is 0 Å². The lowest BCUT2D eigenvalue weighted by atomic mass is 10.1. The van der Waals surface area contributed by atoms with Crippen molar-refractivity contribution in [3.63, 3.8) is 0 Å². The van der Waals surface area contributed by atoms with Crippen LogP contribution in [0.25, 0.3) is 0 Å². The molecular formula is C7H8O2S. The van der Waals surface area contributed by atoms with Crippen molar-refractivity contribution in [2.45, 2.75) is 13.0 Å². The Balaban J connectivity index is 2.77. The maximum absolute atomic E-state index is 10.6. The maximum Gasteiger partial charge on any atom is 0.162 e. The van der Waals surface area contributed by atoms with Gasteiger partial charge in [-0.3, -0.25) is 4.79 Å². The summed E-state index contributed by atoms with van der Waals surface area (Å²) in [5.41, 5.74) is 0.692. The van der Waals surface area contributed by atoms with Crippen LogP contribution < -0.4 is 0 Å². The molecule has 3 heteroatoms. The molecule has 0 aliphatic rings. The predicted octanol–water partition coefficient (Wildman–Crippen LogP) is 1.37. The normalized spacial score (nSPS) is 13.0. The summed E-state index contributed by atoms with van der Waals surface area (Å²) < 4.78 is 0. The molecule has 1 N–H and O–H groups in total. The van der Waals surface area contributed by atoms with Crippen molar-refractivity contribution in [2.24, 2.45) is 0 Å². The van der Waals surface area contributed by atoms with Crippen molar-refractivity contribution < 1.29 is 9.90 Å². The van der Waals surface area contributed by atoms with Gasteiger partial charge in [0, 0.05) is 0 Å². The molecular weight excluding hydrogens is 148 g/mol. The zero-order valence-corrected chi connectivity index (χ0v) is 6.39. The fourth-order valence-electron chi connectivity index (χ4n) is 0.665. The molecule has 0 saturated heterocycles. The first-order valence-electron chi connectivity index (χ1n) is 2.92. The van der Waals surface area contributed by atoms with E-state index in [2.05, 4.69) is 0 Å². The number of ketones is 1. The third kappa shape index (κ3) is 1.43. The number of hydrogen-bond acceptors (Lipinski definition) is 3. The largest absolute Gasteiger partial charge is 0.381 e. The van der Waals surface area contributed by atoms with Crippen LogP contribution in [-0.4, -0.2) is 10.9 Å². The van der Waals surface area contributed by atoms with Gasteiger partial charge in [-0.25, -0.2) is 0 Å². The molecule has 0 unspecified atom stereocenters. The number of rotatable bonds is 2. The molecule has 0 aromatic carbocycles. The molecule has 54 valence electrons. The molecule has 0 fully saturated rings. The zero-order valence-electron chi connectivity index (χ0n) is 5.57. The summed E-state index contributed by atoms with van der Waals surface area (Å²) in [6.45, 7) is 1.38. The van der Waals surface area contributed by atoms with Gasteiger partial charge in [-0.15, -0.1) is 0 Å². The third-order valence-electron chi connectivity index (χ3n) is 1.24. The fourth-order valence-corrected chi connectivity index (χ4v) is 1.34. The van der Waals surface area contributed by atoms with E-state index in [0.29, 0.717) is 5.56 Å². The van der Waals surface area contributed by atoms with Crippen molar-refractivity contribution in [3.05, 3.63) is 22.4 Å². The van der Waals surface area contributed by atoms with Crippen LogP contribution in [0.3, 0.4) is 0 Å². The summed E-state index contributed by atoms with van der Waals surface area (Å²) in [6.07, 6.45) is -0.925. The third-order valence-corrected chi connectivity index (χ3v) is 1.95. The molecule has 0 spiro atoms. The van der Waals surface area contributed by atoms with Gasteiger partial charge in [0.2, 0.25) is 0 Å². The van der Waals surface area contributed by atoms with Crippen LogP contribution in [0.4, 0.5) is 0 Å². The predicted molar refractivity (Wildman–Crippen MR) is 40.0 cm³/mol. The molecule has 1 aromatic heterocycles.